The van der Waals surface area contributed by atoms with Gasteiger partial charge in [-0.05, 0) is 58.7 Å². The highest BCUT2D eigenvalue weighted by atomic mass is 16.6. The minimum Gasteiger partial charge on any atom is -0.444 e. The van der Waals surface area contributed by atoms with Crippen molar-refractivity contribution in [1.82, 2.24) is 10.2 Å². The van der Waals surface area contributed by atoms with E-state index in [1.54, 1.807) is 29.2 Å². The SMILES string of the molecule is C#Cc1cccc(C(=O)NC2(C)CCN(C(=O)OC(C)(C)C)CC2)c1. The Labute approximate surface area is 149 Å². The third-order valence-corrected chi connectivity index (χ3v) is 4.23. The van der Waals surface area contributed by atoms with E-state index in [9.17, 15) is 9.59 Å². The fraction of sp³-hybridized carbons (Fsp3) is 0.500. The van der Waals surface area contributed by atoms with Gasteiger partial charge in [-0.3, -0.25) is 4.79 Å². The lowest BCUT2D eigenvalue weighted by atomic mass is 9.89. The summed E-state index contributed by atoms with van der Waals surface area (Å²) in [6.07, 6.45) is 6.43. The van der Waals surface area contributed by atoms with Crippen molar-refractivity contribution in [3.8, 4) is 12.3 Å². The molecule has 5 heteroatoms. The fourth-order valence-corrected chi connectivity index (χ4v) is 2.73. The average molecular weight is 342 g/mol. The number of hydrogen-bond donors (Lipinski definition) is 1. The zero-order valence-corrected chi connectivity index (χ0v) is 15.4. The van der Waals surface area contributed by atoms with Crippen molar-refractivity contribution in [3.05, 3.63) is 35.4 Å². The second kappa shape index (κ2) is 7.18. The number of likely N-dealkylation sites (tertiary alicyclic amines) is 1. The second-order valence-electron chi connectivity index (χ2n) is 7.71. The highest BCUT2D eigenvalue weighted by molar-refractivity contribution is 5.95. The number of carbonyl (C=O) groups is 2. The number of hydrogen-bond acceptors (Lipinski definition) is 3. The Morgan fingerprint density at radius 2 is 1.92 bits per heavy atom. The van der Waals surface area contributed by atoms with E-state index in [0.717, 1.165) is 0 Å². The third kappa shape index (κ3) is 5.25. The lowest BCUT2D eigenvalue weighted by molar-refractivity contribution is 0.0160. The molecular formula is C20H26N2O3. The summed E-state index contributed by atoms with van der Waals surface area (Å²) < 4.78 is 5.40. The molecule has 0 aliphatic carbocycles. The highest BCUT2D eigenvalue weighted by Gasteiger charge is 2.34. The van der Waals surface area contributed by atoms with Gasteiger partial charge in [0.05, 0.1) is 0 Å². The van der Waals surface area contributed by atoms with Crippen LogP contribution in [0.15, 0.2) is 24.3 Å². The monoisotopic (exact) mass is 342 g/mol. The first kappa shape index (κ1) is 18.9. The molecule has 5 nitrogen and oxygen atoms in total. The van der Waals surface area contributed by atoms with Crippen molar-refractivity contribution in [2.45, 2.75) is 51.7 Å². The van der Waals surface area contributed by atoms with Gasteiger partial charge in [0.2, 0.25) is 0 Å². The summed E-state index contributed by atoms with van der Waals surface area (Å²) in [6, 6.07) is 7.01. The molecule has 1 aromatic carbocycles. The molecule has 0 atom stereocenters. The summed E-state index contributed by atoms with van der Waals surface area (Å²) >= 11 is 0. The predicted octanol–water partition coefficient (Wildman–Crippen LogP) is 3.19. The van der Waals surface area contributed by atoms with Crippen LogP contribution in [-0.2, 0) is 4.74 Å². The average Bonchev–Trinajstić information content (AvgIpc) is 2.53. The summed E-state index contributed by atoms with van der Waals surface area (Å²) in [4.78, 5) is 26.3. The van der Waals surface area contributed by atoms with E-state index >= 15 is 0 Å². The number of nitrogens with one attached hydrogen (secondary N) is 1. The van der Waals surface area contributed by atoms with E-state index < -0.39 is 5.60 Å². The Hall–Kier alpha value is -2.48. The molecule has 0 saturated carbocycles. The van der Waals surface area contributed by atoms with Crippen LogP contribution in [0.4, 0.5) is 4.79 Å². The van der Waals surface area contributed by atoms with Crippen molar-refractivity contribution in [1.29, 1.82) is 0 Å². The minimum atomic E-state index is -0.506. The first-order chi connectivity index (χ1) is 11.6. The summed E-state index contributed by atoms with van der Waals surface area (Å²) in [5, 5.41) is 3.08. The number of rotatable bonds is 2. The van der Waals surface area contributed by atoms with Crippen molar-refractivity contribution >= 4 is 12.0 Å². The molecule has 0 bridgehead atoms. The van der Waals surface area contributed by atoms with E-state index in [0.29, 0.717) is 37.1 Å². The van der Waals surface area contributed by atoms with Gasteiger partial charge in [-0.25, -0.2) is 4.79 Å². The number of benzene rings is 1. The summed E-state index contributed by atoms with van der Waals surface area (Å²) in [5.41, 5.74) is 0.360. The molecule has 0 aromatic heterocycles. The van der Waals surface area contributed by atoms with Crippen molar-refractivity contribution < 1.29 is 14.3 Å². The maximum Gasteiger partial charge on any atom is 0.410 e. The predicted molar refractivity (Wildman–Crippen MR) is 97.3 cm³/mol. The lowest BCUT2D eigenvalue weighted by Gasteiger charge is -2.40. The van der Waals surface area contributed by atoms with Crippen molar-refractivity contribution in [2.75, 3.05) is 13.1 Å². The van der Waals surface area contributed by atoms with E-state index in [4.69, 9.17) is 11.2 Å². The van der Waals surface area contributed by atoms with Crippen LogP contribution in [0.25, 0.3) is 0 Å². The fourth-order valence-electron chi connectivity index (χ4n) is 2.73. The maximum atomic E-state index is 12.5. The Bertz CT molecular complexity index is 690. The second-order valence-corrected chi connectivity index (χ2v) is 7.71. The van der Waals surface area contributed by atoms with Gasteiger partial charge in [-0.15, -0.1) is 6.42 Å². The number of amides is 2. The van der Waals surface area contributed by atoms with Crippen LogP contribution in [0.3, 0.4) is 0 Å². The van der Waals surface area contributed by atoms with Gasteiger partial charge in [0, 0.05) is 29.8 Å². The summed E-state index contributed by atoms with van der Waals surface area (Å²) in [5.74, 6) is 2.39. The number of nitrogens with zero attached hydrogens (tertiary/aromatic N) is 1. The lowest BCUT2D eigenvalue weighted by Crippen LogP contribution is -2.54. The van der Waals surface area contributed by atoms with Crippen LogP contribution in [0.5, 0.6) is 0 Å². The zero-order valence-electron chi connectivity index (χ0n) is 15.4. The molecule has 1 N–H and O–H groups in total. The number of piperidine rings is 1. The molecule has 1 heterocycles. The van der Waals surface area contributed by atoms with Gasteiger partial charge in [-0.1, -0.05) is 12.0 Å². The Morgan fingerprint density at radius 3 is 2.48 bits per heavy atom. The molecule has 0 unspecified atom stereocenters. The molecule has 0 spiro atoms. The van der Waals surface area contributed by atoms with Gasteiger partial charge in [0.15, 0.2) is 0 Å². The normalized spacial score (nSPS) is 16.7. The topological polar surface area (TPSA) is 58.6 Å². The molecule has 0 radical (unpaired) electrons. The summed E-state index contributed by atoms with van der Waals surface area (Å²) in [7, 11) is 0. The van der Waals surface area contributed by atoms with Gasteiger partial charge in [-0.2, -0.15) is 0 Å². The van der Waals surface area contributed by atoms with Crippen LogP contribution in [-0.4, -0.2) is 41.1 Å². The van der Waals surface area contributed by atoms with Crippen molar-refractivity contribution in [2.24, 2.45) is 0 Å². The molecular weight excluding hydrogens is 316 g/mol. The quantitative estimate of drug-likeness (QED) is 0.840. The molecule has 1 aliphatic rings. The Kier molecular flexibility index (Phi) is 5.42. The van der Waals surface area contributed by atoms with Crippen LogP contribution in [0.1, 0.15) is 56.5 Å². The van der Waals surface area contributed by atoms with Gasteiger partial charge in [0.1, 0.15) is 5.60 Å². The first-order valence-corrected chi connectivity index (χ1v) is 8.49. The van der Waals surface area contributed by atoms with Crippen molar-refractivity contribution in [3.63, 3.8) is 0 Å². The van der Waals surface area contributed by atoms with Crippen LogP contribution < -0.4 is 5.32 Å². The number of terminal acetylenes is 1. The van der Waals surface area contributed by atoms with Gasteiger partial charge >= 0.3 is 6.09 Å². The zero-order chi connectivity index (χ0) is 18.7. The van der Waals surface area contributed by atoms with Gasteiger partial charge < -0.3 is 15.0 Å². The minimum absolute atomic E-state index is 0.148. The maximum absolute atomic E-state index is 12.5. The van der Waals surface area contributed by atoms with Crippen LogP contribution >= 0.6 is 0 Å². The molecule has 1 aromatic rings. The van der Waals surface area contributed by atoms with Gasteiger partial charge in [0.25, 0.3) is 5.91 Å². The Balaban J connectivity index is 1.95. The smallest absolute Gasteiger partial charge is 0.410 e. The molecule has 2 rings (SSSR count). The molecule has 2 amide bonds. The Morgan fingerprint density at radius 1 is 1.28 bits per heavy atom. The molecule has 1 saturated heterocycles. The molecule has 1 fully saturated rings. The third-order valence-electron chi connectivity index (χ3n) is 4.23. The number of carbonyl (C=O) groups excluding carboxylic acids is 2. The highest BCUT2D eigenvalue weighted by Crippen LogP contribution is 2.24. The summed E-state index contributed by atoms with van der Waals surface area (Å²) in [6.45, 7) is 8.66. The standard InChI is InChI=1S/C20H26N2O3/c1-6-15-8-7-9-16(14-15)17(23)21-20(5)10-12-22(13-11-20)18(24)25-19(2,3)4/h1,7-9,14H,10-13H2,2-5H3,(H,21,23). The van der Waals surface area contributed by atoms with E-state index in [1.807, 2.05) is 27.7 Å². The van der Waals surface area contributed by atoms with E-state index in [1.165, 1.54) is 0 Å². The first-order valence-electron chi connectivity index (χ1n) is 8.49. The molecule has 1 aliphatic heterocycles. The molecule has 134 valence electrons. The number of ether oxygens (including phenoxy) is 1. The largest absolute Gasteiger partial charge is 0.444 e. The van der Waals surface area contributed by atoms with E-state index in [-0.39, 0.29) is 17.5 Å². The van der Waals surface area contributed by atoms with Crippen LogP contribution in [0, 0.1) is 12.3 Å². The van der Waals surface area contributed by atoms with E-state index in [2.05, 4.69) is 11.2 Å². The van der Waals surface area contributed by atoms with Crippen LogP contribution in [0.2, 0.25) is 0 Å². The molecule has 25 heavy (non-hydrogen) atoms.